The molecule has 1 aromatic heterocycles. The summed E-state index contributed by atoms with van der Waals surface area (Å²) >= 11 is 0. The van der Waals surface area contributed by atoms with E-state index >= 15 is 0 Å². The predicted octanol–water partition coefficient (Wildman–Crippen LogP) is 2.59. The van der Waals surface area contributed by atoms with E-state index in [1.54, 1.807) is 0 Å². The van der Waals surface area contributed by atoms with Crippen molar-refractivity contribution in [2.24, 2.45) is 0 Å². The first-order chi connectivity index (χ1) is 7.81. The van der Waals surface area contributed by atoms with Crippen molar-refractivity contribution in [2.45, 2.75) is 38.8 Å². The van der Waals surface area contributed by atoms with Crippen molar-refractivity contribution >= 4 is 11.0 Å². The molecule has 0 radical (unpaired) electrons. The largest absolute Gasteiger partial charge is 0.393 e. The molecule has 86 valence electrons. The average Bonchev–Trinajstić information content (AvgIpc) is 2.73. The van der Waals surface area contributed by atoms with Gasteiger partial charge in [0.2, 0.25) is 0 Å². The maximum Gasteiger partial charge on any atom is 0.0958 e. The van der Waals surface area contributed by atoms with Gasteiger partial charge < -0.3 is 9.67 Å². The molecule has 0 aliphatic heterocycles. The number of aliphatic hydroxyl groups is 1. The fourth-order valence-electron chi connectivity index (χ4n) is 1.89. The number of rotatable bonds is 5. The zero-order chi connectivity index (χ0) is 11.4. The van der Waals surface area contributed by atoms with Crippen LogP contribution in [0.2, 0.25) is 0 Å². The lowest BCUT2D eigenvalue weighted by Gasteiger charge is -2.08. The second-order valence-electron chi connectivity index (χ2n) is 4.13. The fraction of sp³-hybridized carbons (Fsp3) is 0.462. The van der Waals surface area contributed by atoms with Crippen LogP contribution in [-0.2, 0) is 6.54 Å². The van der Waals surface area contributed by atoms with Crippen LogP contribution in [0.1, 0.15) is 26.2 Å². The summed E-state index contributed by atoms with van der Waals surface area (Å²) < 4.78 is 2.15. The molecule has 1 N–H and O–H groups in total. The van der Waals surface area contributed by atoms with E-state index < -0.39 is 0 Å². The summed E-state index contributed by atoms with van der Waals surface area (Å²) in [5, 5.41) is 9.47. The second-order valence-corrected chi connectivity index (χ2v) is 4.13. The molecule has 0 aliphatic rings. The highest BCUT2D eigenvalue weighted by Gasteiger charge is 2.03. The minimum atomic E-state index is -0.158. The molecule has 0 fully saturated rings. The molecule has 0 saturated heterocycles. The molecule has 1 aromatic carbocycles. The summed E-state index contributed by atoms with van der Waals surface area (Å²) in [5.41, 5.74) is 2.21. The third kappa shape index (κ3) is 2.42. The molecule has 3 nitrogen and oxygen atoms in total. The van der Waals surface area contributed by atoms with Crippen molar-refractivity contribution in [1.29, 1.82) is 0 Å². The fourth-order valence-corrected chi connectivity index (χ4v) is 1.89. The lowest BCUT2D eigenvalue weighted by Crippen LogP contribution is -2.06. The Morgan fingerprint density at radius 3 is 3.00 bits per heavy atom. The molecule has 1 atom stereocenters. The maximum absolute atomic E-state index is 9.47. The molecule has 2 aromatic rings. The van der Waals surface area contributed by atoms with Crippen LogP contribution in [-0.4, -0.2) is 20.8 Å². The highest BCUT2D eigenvalue weighted by molar-refractivity contribution is 5.74. The maximum atomic E-state index is 9.47. The molecule has 3 heteroatoms. The van der Waals surface area contributed by atoms with E-state index in [4.69, 9.17) is 0 Å². The number of benzene rings is 1. The second kappa shape index (κ2) is 5.12. The molecular formula is C13H18N2O. The number of nitrogens with zero attached hydrogens (tertiary/aromatic N) is 2. The Morgan fingerprint density at radius 2 is 2.19 bits per heavy atom. The van der Waals surface area contributed by atoms with Crippen LogP contribution in [0.3, 0.4) is 0 Å². The van der Waals surface area contributed by atoms with Gasteiger partial charge in [0.25, 0.3) is 0 Å². The van der Waals surface area contributed by atoms with Crippen LogP contribution in [0, 0.1) is 0 Å². The minimum absolute atomic E-state index is 0.158. The highest BCUT2D eigenvalue weighted by atomic mass is 16.3. The van der Waals surface area contributed by atoms with E-state index in [1.165, 1.54) is 5.52 Å². The molecule has 0 spiro atoms. The van der Waals surface area contributed by atoms with Crippen molar-refractivity contribution in [3.05, 3.63) is 30.6 Å². The van der Waals surface area contributed by atoms with Crippen LogP contribution in [0.15, 0.2) is 30.6 Å². The van der Waals surface area contributed by atoms with E-state index in [-0.39, 0.29) is 6.10 Å². The third-order valence-electron chi connectivity index (χ3n) is 2.93. The highest BCUT2D eigenvalue weighted by Crippen LogP contribution is 2.13. The molecule has 0 amide bonds. The van der Waals surface area contributed by atoms with Crippen molar-refractivity contribution in [2.75, 3.05) is 0 Å². The first kappa shape index (κ1) is 11.1. The standard InChI is InChI=1S/C13H18N2O/c1-2-11(16)6-5-9-15-10-14-12-7-3-4-8-13(12)15/h3-4,7-8,10-11,16H,2,5-6,9H2,1H3. The predicted molar refractivity (Wildman–Crippen MR) is 65.3 cm³/mol. The lowest BCUT2D eigenvalue weighted by molar-refractivity contribution is 0.156. The van der Waals surface area contributed by atoms with Crippen molar-refractivity contribution < 1.29 is 5.11 Å². The SMILES string of the molecule is CCC(O)CCCn1cnc2ccccc21. The van der Waals surface area contributed by atoms with E-state index in [0.717, 1.165) is 31.3 Å². The smallest absolute Gasteiger partial charge is 0.0958 e. The number of imidazole rings is 1. The molecule has 0 bridgehead atoms. The van der Waals surface area contributed by atoms with Crippen molar-refractivity contribution in [1.82, 2.24) is 9.55 Å². The van der Waals surface area contributed by atoms with Crippen LogP contribution < -0.4 is 0 Å². The van der Waals surface area contributed by atoms with E-state index in [1.807, 2.05) is 31.5 Å². The summed E-state index contributed by atoms with van der Waals surface area (Å²) in [4.78, 5) is 4.34. The minimum Gasteiger partial charge on any atom is -0.393 e. The van der Waals surface area contributed by atoms with Gasteiger partial charge >= 0.3 is 0 Å². The van der Waals surface area contributed by atoms with Gasteiger partial charge in [-0.05, 0) is 31.4 Å². The van der Waals surface area contributed by atoms with Crippen molar-refractivity contribution in [3.8, 4) is 0 Å². The number of hydrogen-bond acceptors (Lipinski definition) is 2. The number of aliphatic hydroxyl groups excluding tert-OH is 1. The van der Waals surface area contributed by atoms with Gasteiger partial charge in [-0.25, -0.2) is 4.98 Å². The van der Waals surface area contributed by atoms with Crippen LogP contribution in [0.25, 0.3) is 11.0 Å². The summed E-state index contributed by atoms with van der Waals surface area (Å²) in [6.07, 6.45) is 4.42. The Morgan fingerprint density at radius 1 is 1.38 bits per heavy atom. The number of aryl methyl sites for hydroxylation is 1. The summed E-state index contributed by atoms with van der Waals surface area (Å²) in [6.45, 7) is 2.94. The van der Waals surface area contributed by atoms with Gasteiger partial charge in [-0.3, -0.25) is 0 Å². The molecule has 16 heavy (non-hydrogen) atoms. The van der Waals surface area contributed by atoms with E-state index in [0.29, 0.717) is 0 Å². The van der Waals surface area contributed by atoms with Crippen LogP contribution in [0.5, 0.6) is 0 Å². The molecule has 0 aliphatic carbocycles. The zero-order valence-electron chi connectivity index (χ0n) is 9.63. The molecule has 1 unspecified atom stereocenters. The Labute approximate surface area is 95.7 Å². The van der Waals surface area contributed by atoms with Gasteiger partial charge in [-0.2, -0.15) is 0 Å². The van der Waals surface area contributed by atoms with Crippen LogP contribution >= 0.6 is 0 Å². The van der Waals surface area contributed by atoms with E-state index in [2.05, 4.69) is 15.6 Å². The Bertz CT molecular complexity index is 450. The quantitative estimate of drug-likeness (QED) is 0.837. The molecular weight excluding hydrogens is 200 g/mol. The van der Waals surface area contributed by atoms with Gasteiger partial charge in [-0.1, -0.05) is 19.1 Å². The van der Waals surface area contributed by atoms with Gasteiger partial charge in [0.15, 0.2) is 0 Å². The number of para-hydroxylation sites is 2. The monoisotopic (exact) mass is 218 g/mol. The first-order valence-electron chi connectivity index (χ1n) is 5.89. The Balaban J connectivity index is 1.99. The molecule has 0 saturated carbocycles. The summed E-state index contributed by atoms with van der Waals surface area (Å²) in [6, 6.07) is 8.13. The number of hydrogen-bond donors (Lipinski definition) is 1. The Hall–Kier alpha value is -1.35. The average molecular weight is 218 g/mol. The topological polar surface area (TPSA) is 38.0 Å². The molecule has 2 rings (SSSR count). The number of aromatic nitrogens is 2. The van der Waals surface area contributed by atoms with Crippen LogP contribution in [0.4, 0.5) is 0 Å². The Kier molecular flexibility index (Phi) is 3.57. The zero-order valence-corrected chi connectivity index (χ0v) is 9.63. The van der Waals surface area contributed by atoms with Gasteiger partial charge in [0, 0.05) is 6.54 Å². The van der Waals surface area contributed by atoms with E-state index in [9.17, 15) is 5.11 Å². The summed E-state index contributed by atoms with van der Waals surface area (Å²) in [5.74, 6) is 0. The number of fused-ring (bicyclic) bond motifs is 1. The first-order valence-corrected chi connectivity index (χ1v) is 5.89. The third-order valence-corrected chi connectivity index (χ3v) is 2.93. The normalized spacial score (nSPS) is 13.1. The summed E-state index contributed by atoms with van der Waals surface area (Å²) in [7, 11) is 0. The lowest BCUT2D eigenvalue weighted by atomic mass is 10.1. The van der Waals surface area contributed by atoms with Crippen molar-refractivity contribution in [3.63, 3.8) is 0 Å². The van der Waals surface area contributed by atoms with Gasteiger partial charge in [0.05, 0.1) is 23.5 Å². The van der Waals surface area contributed by atoms with Gasteiger partial charge in [0.1, 0.15) is 0 Å². The van der Waals surface area contributed by atoms with Gasteiger partial charge in [-0.15, -0.1) is 0 Å². The molecule has 1 heterocycles.